The van der Waals surface area contributed by atoms with Crippen LogP contribution in [0, 0.1) is 5.92 Å². The topological polar surface area (TPSA) is 53.9 Å². The summed E-state index contributed by atoms with van der Waals surface area (Å²) in [6.45, 7) is 7.00. The fourth-order valence-corrected chi connectivity index (χ4v) is 2.69. The van der Waals surface area contributed by atoms with E-state index in [1.165, 1.54) is 0 Å². The highest BCUT2D eigenvalue weighted by Crippen LogP contribution is 2.22. The van der Waals surface area contributed by atoms with Crippen LogP contribution in [0.3, 0.4) is 0 Å². The second-order valence-electron chi connectivity index (χ2n) is 5.43. The van der Waals surface area contributed by atoms with Gasteiger partial charge in [-0.3, -0.25) is 9.79 Å². The lowest BCUT2D eigenvalue weighted by Crippen LogP contribution is -2.56. The molecular formula is C13H23N3O2. The van der Waals surface area contributed by atoms with Crippen molar-refractivity contribution in [2.45, 2.75) is 51.9 Å². The summed E-state index contributed by atoms with van der Waals surface area (Å²) < 4.78 is 5.48. The van der Waals surface area contributed by atoms with Crippen molar-refractivity contribution in [3.8, 4) is 0 Å². The highest BCUT2D eigenvalue weighted by atomic mass is 16.5. The van der Waals surface area contributed by atoms with Crippen molar-refractivity contribution < 1.29 is 9.53 Å². The van der Waals surface area contributed by atoms with Crippen LogP contribution < -0.4 is 5.32 Å². The molecule has 0 aromatic heterocycles. The number of amidine groups is 1. The van der Waals surface area contributed by atoms with Crippen molar-refractivity contribution in [3.63, 3.8) is 0 Å². The van der Waals surface area contributed by atoms with Crippen LogP contribution in [0.2, 0.25) is 0 Å². The number of hydrogen-bond donors (Lipinski definition) is 1. The van der Waals surface area contributed by atoms with Crippen molar-refractivity contribution in [1.29, 1.82) is 0 Å². The van der Waals surface area contributed by atoms with Gasteiger partial charge in [0, 0.05) is 13.7 Å². The Morgan fingerprint density at radius 3 is 2.83 bits per heavy atom. The summed E-state index contributed by atoms with van der Waals surface area (Å²) in [6.07, 6.45) is 2.25. The Hall–Kier alpha value is -1.10. The van der Waals surface area contributed by atoms with Gasteiger partial charge < -0.3 is 15.0 Å². The lowest BCUT2D eigenvalue weighted by molar-refractivity contribution is -0.124. The largest absolute Gasteiger partial charge is 0.362 e. The summed E-state index contributed by atoms with van der Waals surface area (Å²) in [6, 6.07) is -0.294. The smallest absolute Gasteiger partial charge is 0.245 e. The second kappa shape index (κ2) is 5.26. The number of methoxy groups -OCH3 is 1. The average molecular weight is 253 g/mol. The standard InChI is InChI=1S/C13H23N3O2/c1-8(2)11-13(17)14-9(3)12(15-11)16-7-5-6-10(16)18-4/h8-11H,5-7H2,1-4H3,(H,14,17)/t9-,10+,11?/m1/s1. The Labute approximate surface area is 109 Å². The molecule has 0 aromatic rings. The Balaban J connectivity index is 2.24. The molecule has 3 atom stereocenters. The Kier molecular flexibility index (Phi) is 3.90. The first kappa shape index (κ1) is 13.3. The van der Waals surface area contributed by atoms with Crippen LogP contribution in [-0.4, -0.2) is 48.6 Å². The number of likely N-dealkylation sites (tertiary alicyclic amines) is 1. The third kappa shape index (κ3) is 2.36. The van der Waals surface area contributed by atoms with Gasteiger partial charge in [0.15, 0.2) is 0 Å². The van der Waals surface area contributed by atoms with Gasteiger partial charge in [0.25, 0.3) is 0 Å². The number of hydrogen-bond acceptors (Lipinski definition) is 4. The monoisotopic (exact) mass is 253 g/mol. The van der Waals surface area contributed by atoms with Crippen LogP contribution in [0.25, 0.3) is 0 Å². The highest BCUT2D eigenvalue weighted by molar-refractivity contribution is 5.98. The quantitative estimate of drug-likeness (QED) is 0.798. The van der Waals surface area contributed by atoms with Crippen LogP contribution in [0.5, 0.6) is 0 Å². The van der Waals surface area contributed by atoms with E-state index in [1.54, 1.807) is 7.11 Å². The van der Waals surface area contributed by atoms with E-state index in [1.807, 2.05) is 20.8 Å². The minimum atomic E-state index is -0.269. The number of ether oxygens (including phenoxy) is 1. The molecule has 0 bridgehead atoms. The second-order valence-corrected chi connectivity index (χ2v) is 5.43. The van der Waals surface area contributed by atoms with E-state index in [0.29, 0.717) is 0 Å². The fourth-order valence-electron chi connectivity index (χ4n) is 2.69. The van der Waals surface area contributed by atoms with Crippen molar-refractivity contribution in [3.05, 3.63) is 0 Å². The van der Waals surface area contributed by atoms with Gasteiger partial charge in [-0.15, -0.1) is 0 Å². The number of carbonyl (C=O) groups excluding carboxylic acids is 1. The van der Waals surface area contributed by atoms with Gasteiger partial charge in [-0.05, 0) is 25.7 Å². The molecule has 1 amide bonds. The van der Waals surface area contributed by atoms with E-state index >= 15 is 0 Å². The highest BCUT2D eigenvalue weighted by Gasteiger charge is 2.36. The summed E-state index contributed by atoms with van der Waals surface area (Å²) in [5, 5.41) is 3.02. The first-order valence-electron chi connectivity index (χ1n) is 6.72. The molecular weight excluding hydrogens is 230 g/mol. The number of aliphatic imine (C=N–C) groups is 1. The number of nitrogens with zero attached hydrogens (tertiary/aromatic N) is 2. The van der Waals surface area contributed by atoms with E-state index in [-0.39, 0.29) is 30.1 Å². The van der Waals surface area contributed by atoms with E-state index in [9.17, 15) is 4.79 Å². The molecule has 0 spiro atoms. The molecule has 0 aromatic carbocycles. The maximum atomic E-state index is 11.9. The van der Waals surface area contributed by atoms with Crippen LogP contribution in [0.1, 0.15) is 33.6 Å². The molecule has 0 aliphatic carbocycles. The average Bonchev–Trinajstić information content (AvgIpc) is 2.76. The van der Waals surface area contributed by atoms with E-state index in [2.05, 4.69) is 15.2 Å². The molecule has 1 N–H and O–H groups in total. The molecule has 0 radical (unpaired) electrons. The molecule has 0 saturated carbocycles. The van der Waals surface area contributed by atoms with Gasteiger partial charge in [-0.25, -0.2) is 0 Å². The SMILES string of the molecule is CO[C@H]1CCCN1C1=NC(C(C)C)C(=O)N[C@@H]1C. The predicted octanol–water partition coefficient (Wildman–Crippen LogP) is 0.996. The lowest BCUT2D eigenvalue weighted by atomic mass is 10.0. The normalized spacial score (nSPS) is 32.7. The molecule has 2 aliphatic heterocycles. The van der Waals surface area contributed by atoms with Crippen molar-refractivity contribution in [2.75, 3.05) is 13.7 Å². The third-order valence-corrected chi connectivity index (χ3v) is 3.68. The van der Waals surface area contributed by atoms with Crippen LogP contribution in [0.15, 0.2) is 4.99 Å². The molecule has 5 heteroatoms. The fraction of sp³-hybridized carbons (Fsp3) is 0.846. The Morgan fingerprint density at radius 1 is 1.50 bits per heavy atom. The maximum Gasteiger partial charge on any atom is 0.245 e. The predicted molar refractivity (Wildman–Crippen MR) is 70.4 cm³/mol. The number of carbonyl (C=O) groups is 1. The molecule has 5 nitrogen and oxygen atoms in total. The molecule has 1 unspecified atom stereocenters. The zero-order valence-corrected chi connectivity index (χ0v) is 11.6. The zero-order chi connectivity index (χ0) is 13.3. The zero-order valence-electron chi connectivity index (χ0n) is 11.6. The van der Waals surface area contributed by atoms with E-state index < -0.39 is 0 Å². The molecule has 102 valence electrons. The van der Waals surface area contributed by atoms with Gasteiger partial charge >= 0.3 is 0 Å². The van der Waals surface area contributed by atoms with Crippen LogP contribution in [-0.2, 0) is 9.53 Å². The van der Waals surface area contributed by atoms with E-state index in [4.69, 9.17) is 4.74 Å². The van der Waals surface area contributed by atoms with Gasteiger partial charge in [0.1, 0.15) is 18.1 Å². The Morgan fingerprint density at radius 2 is 2.22 bits per heavy atom. The summed E-state index contributed by atoms with van der Waals surface area (Å²) >= 11 is 0. The summed E-state index contributed by atoms with van der Waals surface area (Å²) in [5.74, 6) is 1.23. The van der Waals surface area contributed by atoms with Crippen LogP contribution in [0.4, 0.5) is 0 Å². The third-order valence-electron chi connectivity index (χ3n) is 3.68. The first-order chi connectivity index (χ1) is 8.54. The molecule has 1 saturated heterocycles. The van der Waals surface area contributed by atoms with Crippen LogP contribution >= 0.6 is 0 Å². The Bertz CT molecular complexity index is 354. The number of nitrogens with one attached hydrogen (secondary N) is 1. The van der Waals surface area contributed by atoms with Crippen molar-refractivity contribution in [1.82, 2.24) is 10.2 Å². The number of amides is 1. The lowest BCUT2D eigenvalue weighted by Gasteiger charge is -2.35. The maximum absolute atomic E-state index is 11.9. The summed E-state index contributed by atoms with van der Waals surface area (Å²) in [5.41, 5.74) is 0. The summed E-state index contributed by atoms with van der Waals surface area (Å²) in [7, 11) is 1.73. The van der Waals surface area contributed by atoms with E-state index in [0.717, 1.165) is 25.2 Å². The van der Waals surface area contributed by atoms with Gasteiger partial charge in [0.2, 0.25) is 5.91 Å². The van der Waals surface area contributed by atoms with Gasteiger partial charge in [-0.1, -0.05) is 13.8 Å². The molecule has 2 heterocycles. The minimum Gasteiger partial charge on any atom is -0.362 e. The first-order valence-corrected chi connectivity index (χ1v) is 6.72. The minimum absolute atomic E-state index is 0.0248. The van der Waals surface area contributed by atoms with Gasteiger partial charge in [0.05, 0.1) is 6.04 Å². The summed E-state index contributed by atoms with van der Waals surface area (Å²) in [4.78, 5) is 18.8. The molecule has 18 heavy (non-hydrogen) atoms. The van der Waals surface area contributed by atoms with Crippen molar-refractivity contribution >= 4 is 11.7 Å². The van der Waals surface area contributed by atoms with Crippen molar-refractivity contribution in [2.24, 2.45) is 10.9 Å². The van der Waals surface area contributed by atoms with Gasteiger partial charge in [-0.2, -0.15) is 0 Å². The molecule has 2 rings (SSSR count). The molecule has 1 fully saturated rings. The molecule has 2 aliphatic rings. The number of rotatable bonds is 2.